The summed E-state index contributed by atoms with van der Waals surface area (Å²) in [6.45, 7) is 1.94. The molecule has 118 valence electrons. The maximum Gasteiger partial charge on any atom is 0.241 e. The molecular weight excluding hydrogens is 330 g/mol. The van der Waals surface area contributed by atoms with Gasteiger partial charge in [0.2, 0.25) is 10.0 Å². The first-order valence-electron chi connectivity index (χ1n) is 6.97. The van der Waals surface area contributed by atoms with Crippen LogP contribution in [0.2, 0.25) is 0 Å². The zero-order valence-electron chi connectivity index (χ0n) is 12.4. The average Bonchev–Trinajstić information content (AvgIpc) is 3.03. The van der Waals surface area contributed by atoms with Gasteiger partial charge in [-0.15, -0.1) is 11.3 Å². The van der Waals surface area contributed by atoms with Crippen molar-refractivity contribution in [2.24, 2.45) is 0 Å². The number of hydrogen-bond acceptors (Lipinski definition) is 5. The minimum Gasteiger partial charge on any atom is -0.255 e. The Morgan fingerprint density at radius 2 is 1.87 bits per heavy atom. The second-order valence-electron chi connectivity index (χ2n) is 4.93. The van der Waals surface area contributed by atoms with Crippen molar-refractivity contribution in [1.82, 2.24) is 14.7 Å². The first-order valence-corrected chi connectivity index (χ1v) is 9.34. The van der Waals surface area contributed by atoms with E-state index >= 15 is 0 Å². The van der Waals surface area contributed by atoms with Crippen LogP contribution in [0.15, 0.2) is 58.9 Å². The molecule has 23 heavy (non-hydrogen) atoms. The van der Waals surface area contributed by atoms with Crippen molar-refractivity contribution in [3.63, 3.8) is 0 Å². The van der Waals surface area contributed by atoms with Crippen molar-refractivity contribution in [2.75, 3.05) is 0 Å². The number of benzene rings is 1. The molecule has 0 amide bonds. The highest BCUT2D eigenvalue weighted by molar-refractivity contribution is 7.89. The fourth-order valence-electron chi connectivity index (χ4n) is 2.12. The van der Waals surface area contributed by atoms with Gasteiger partial charge >= 0.3 is 0 Å². The van der Waals surface area contributed by atoms with Crippen molar-refractivity contribution in [3.05, 3.63) is 64.6 Å². The van der Waals surface area contributed by atoms with Crippen LogP contribution in [0.3, 0.4) is 0 Å². The third kappa shape index (κ3) is 3.64. The highest BCUT2D eigenvalue weighted by Gasteiger charge is 2.16. The highest BCUT2D eigenvalue weighted by Crippen LogP contribution is 2.20. The lowest BCUT2D eigenvalue weighted by Crippen LogP contribution is -2.23. The van der Waals surface area contributed by atoms with E-state index in [0.717, 1.165) is 11.4 Å². The molecule has 3 rings (SSSR count). The summed E-state index contributed by atoms with van der Waals surface area (Å²) >= 11 is 1.41. The lowest BCUT2D eigenvalue weighted by atomic mass is 10.2. The average molecular weight is 345 g/mol. The summed E-state index contributed by atoms with van der Waals surface area (Å²) < 4.78 is 27.3. The number of nitrogens with zero attached hydrogens (tertiary/aromatic N) is 2. The molecule has 0 unspecified atom stereocenters. The van der Waals surface area contributed by atoms with Crippen molar-refractivity contribution in [1.29, 1.82) is 0 Å². The minimum absolute atomic E-state index is 0.161. The van der Waals surface area contributed by atoms with E-state index in [2.05, 4.69) is 14.7 Å². The maximum atomic E-state index is 12.4. The molecule has 1 aromatic carbocycles. The van der Waals surface area contributed by atoms with Crippen LogP contribution in [0.1, 0.15) is 10.6 Å². The second kappa shape index (κ2) is 6.57. The number of hydrogen-bond donors (Lipinski definition) is 1. The lowest BCUT2D eigenvalue weighted by molar-refractivity contribution is 0.580. The molecular formula is C16H15N3O2S2. The van der Waals surface area contributed by atoms with Gasteiger partial charge in [-0.3, -0.25) is 4.98 Å². The molecule has 0 atom stereocenters. The van der Waals surface area contributed by atoms with Gasteiger partial charge in [-0.1, -0.05) is 24.3 Å². The minimum atomic E-state index is -3.54. The Balaban J connectivity index is 1.74. The van der Waals surface area contributed by atoms with Crippen LogP contribution in [0.25, 0.3) is 11.4 Å². The monoisotopic (exact) mass is 345 g/mol. The molecule has 1 N–H and O–H groups in total. The number of nitrogens with one attached hydrogen (secondary N) is 1. The molecule has 0 fully saturated rings. The molecule has 5 nitrogen and oxygen atoms in total. The first-order chi connectivity index (χ1) is 11.1. The Kier molecular flexibility index (Phi) is 4.51. The topological polar surface area (TPSA) is 72.0 Å². The van der Waals surface area contributed by atoms with E-state index in [9.17, 15) is 8.42 Å². The summed E-state index contributed by atoms with van der Waals surface area (Å²) in [5.74, 6) is 0. The third-order valence-corrected chi connectivity index (χ3v) is 5.69. The zero-order chi connectivity index (χ0) is 16.3. The van der Waals surface area contributed by atoms with Crippen LogP contribution >= 0.6 is 11.3 Å². The number of aryl methyl sites for hydroxylation is 1. The summed E-state index contributed by atoms with van der Waals surface area (Å²) in [7, 11) is -3.54. The molecule has 2 aromatic heterocycles. The quantitative estimate of drug-likeness (QED) is 0.771. The number of rotatable bonds is 5. The Hall–Kier alpha value is -2.09. The molecule has 0 saturated carbocycles. The van der Waals surface area contributed by atoms with E-state index in [0.29, 0.717) is 15.5 Å². The molecule has 7 heteroatoms. The van der Waals surface area contributed by atoms with E-state index in [1.54, 1.807) is 31.3 Å². The predicted octanol–water partition coefficient (Wildman–Crippen LogP) is 2.99. The van der Waals surface area contributed by atoms with Crippen LogP contribution in [0.4, 0.5) is 0 Å². The Bertz CT molecular complexity index is 906. The van der Waals surface area contributed by atoms with Gasteiger partial charge in [0.25, 0.3) is 0 Å². The summed E-state index contributed by atoms with van der Waals surface area (Å²) in [5.41, 5.74) is 2.24. The van der Waals surface area contributed by atoms with E-state index in [-0.39, 0.29) is 6.54 Å². The molecule has 0 spiro atoms. The predicted molar refractivity (Wildman–Crippen MR) is 90.5 cm³/mol. The normalized spacial score (nSPS) is 11.5. The van der Waals surface area contributed by atoms with Crippen molar-refractivity contribution >= 4 is 21.4 Å². The molecule has 3 aromatic rings. The van der Waals surface area contributed by atoms with Crippen LogP contribution < -0.4 is 4.72 Å². The van der Waals surface area contributed by atoms with Crippen LogP contribution in [0, 0.1) is 6.92 Å². The van der Waals surface area contributed by atoms with Gasteiger partial charge in [-0.05, 0) is 30.7 Å². The van der Waals surface area contributed by atoms with Crippen LogP contribution in [-0.2, 0) is 16.6 Å². The number of aromatic nitrogens is 2. The number of sulfonamides is 1. The highest BCUT2D eigenvalue weighted by atomic mass is 32.2. The summed E-state index contributed by atoms with van der Waals surface area (Å²) in [4.78, 5) is 8.96. The Morgan fingerprint density at radius 1 is 1.09 bits per heavy atom. The van der Waals surface area contributed by atoms with Crippen LogP contribution in [0.5, 0.6) is 0 Å². The van der Waals surface area contributed by atoms with Gasteiger partial charge in [0.05, 0.1) is 22.8 Å². The van der Waals surface area contributed by atoms with Crippen LogP contribution in [-0.4, -0.2) is 18.4 Å². The molecule has 0 aliphatic rings. The Morgan fingerprint density at radius 3 is 2.61 bits per heavy atom. The fraction of sp³-hybridized carbons (Fsp3) is 0.125. The molecule has 0 saturated heterocycles. The summed E-state index contributed by atoms with van der Waals surface area (Å²) in [6.07, 6.45) is 1.70. The smallest absolute Gasteiger partial charge is 0.241 e. The van der Waals surface area contributed by atoms with Gasteiger partial charge in [0, 0.05) is 11.6 Å². The Labute approximate surface area is 139 Å². The summed E-state index contributed by atoms with van der Waals surface area (Å²) in [5, 5.41) is 2.57. The molecule has 2 heterocycles. The molecule has 0 aliphatic carbocycles. The van der Waals surface area contributed by atoms with Gasteiger partial charge in [0.1, 0.15) is 5.01 Å². The number of thiazole rings is 1. The fourth-order valence-corrected chi connectivity index (χ4v) is 4.17. The van der Waals surface area contributed by atoms with E-state index in [4.69, 9.17) is 0 Å². The standard InChI is InChI=1S/C16H15N3O2S2/c1-12-6-2-3-8-15(12)23(20,21)18-10-16-19-14(11-22-16)13-7-4-5-9-17-13/h2-9,11,18H,10H2,1H3. The van der Waals surface area contributed by atoms with E-state index in [1.807, 2.05) is 29.6 Å². The lowest BCUT2D eigenvalue weighted by Gasteiger charge is -2.07. The van der Waals surface area contributed by atoms with Crippen molar-refractivity contribution < 1.29 is 8.42 Å². The van der Waals surface area contributed by atoms with Crippen molar-refractivity contribution in [2.45, 2.75) is 18.4 Å². The maximum absolute atomic E-state index is 12.4. The number of pyridine rings is 1. The van der Waals surface area contributed by atoms with E-state index in [1.165, 1.54) is 11.3 Å². The first kappa shape index (κ1) is 15.8. The van der Waals surface area contributed by atoms with Gasteiger partial charge in [-0.2, -0.15) is 0 Å². The third-order valence-electron chi connectivity index (χ3n) is 3.28. The molecule has 0 aliphatic heterocycles. The molecule has 0 radical (unpaired) electrons. The zero-order valence-corrected chi connectivity index (χ0v) is 14.1. The largest absolute Gasteiger partial charge is 0.255 e. The van der Waals surface area contributed by atoms with Gasteiger partial charge in [-0.25, -0.2) is 18.1 Å². The summed E-state index contributed by atoms with van der Waals surface area (Å²) in [6, 6.07) is 12.5. The van der Waals surface area contributed by atoms with Gasteiger partial charge in [0.15, 0.2) is 0 Å². The van der Waals surface area contributed by atoms with Gasteiger partial charge < -0.3 is 0 Å². The molecule has 0 bridgehead atoms. The van der Waals surface area contributed by atoms with Crippen molar-refractivity contribution in [3.8, 4) is 11.4 Å². The van der Waals surface area contributed by atoms with E-state index < -0.39 is 10.0 Å². The SMILES string of the molecule is Cc1ccccc1S(=O)(=O)NCc1nc(-c2ccccn2)cs1. The second-order valence-corrected chi connectivity index (χ2v) is 7.61.